The van der Waals surface area contributed by atoms with Gasteiger partial charge in [-0.3, -0.25) is 0 Å². The van der Waals surface area contributed by atoms with E-state index in [-0.39, 0.29) is 11.5 Å². The van der Waals surface area contributed by atoms with Crippen LogP contribution in [0.5, 0.6) is 0 Å². The lowest BCUT2D eigenvalue weighted by Gasteiger charge is -2.43. The van der Waals surface area contributed by atoms with Gasteiger partial charge in [0.15, 0.2) is 0 Å². The molecule has 1 aliphatic rings. The van der Waals surface area contributed by atoms with Crippen molar-refractivity contribution in [3.63, 3.8) is 0 Å². The molecular formula is C12H22O. The monoisotopic (exact) mass is 182 g/mol. The van der Waals surface area contributed by atoms with Gasteiger partial charge in [-0.05, 0) is 44.4 Å². The molecule has 0 spiro atoms. The fraction of sp³-hybridized carbons (Fsp3) is 0.833. The molecule has 1 aliphatic carbocycles. The predicted octanol–water partition coefficient (Wildman–Crippen LogP) is 3.14. The van der Waals surface area contributed by atoms with Gasteiger partial charge in [0, 0.05) is 0 Å². The van der Waals surface area contributed by atoms with E-state index in [9.17, 15) is 5.11 Å². The first-order valence-electron chi connectivity index (χ1n) is 5.34. The number of rotatable bonds is 1. The fourth-order valence-electron chi connectivity index (χ4n) is 2.47. The maximum absolute atomic E-state index is 9.83. The average Bonchev–Trinajstić information content (AvgIpc) is 2.13. The van der Waals surface area contributed by atoms with Gasteiger partial charge in [0.1, 0.15) is 0 Å². The summed E-state index contributed by atoms with van der Waals surface area (Å²) in [6.45, 7) is 8.75. The van der Waals surface area contributed by atoms with E-state index in [0.717, 1.165) is 12.8 Å². The Morgan fingerprint density at radius 2 is 2.15 bits per heavy atom. The van der Waals surface area contributed by atoms with Crippen molar-refractivity contribution in [2.24, 2.45) is 11.3 Å². The molecule has 1 nitrogen and oxygen atoms in total. The molecule has 0 aromatic carbocycles. The van der Waals surface area contributed by atoms with Crippen molar-refractivity contribution in [2.75, 3.05) is 0 Å². The Hall–Kier alpha value is -0.300. The van der Waals surface area contributed by atoms with Gasteiger partial charge in [0.2, 0.25) is 0 Å². The van der Waals surface area contributed by atoms with Gasteiger partial charge in [-0.1, -0.05) is 25.5 Å². The van der Waals surface area contributed by atoms with Crippen molar-refractivity contribution in [3.05, 3.63) is 11.6 Å². The molecule has 1 heteroatoms. The second-order valence-corrected chi connectivity index (χ2v) is 4.64. The maximum atomic E-state index is 9.83. The molecule has 76 valence electrons. The summed E-state index contributed by atoms with van der Waals surface area (Å²) >= 11 is 0. The third-order valence-electron chi connectivity index (χ3n) is 4.11. The third-order valence-corrected chi connectivity index (χ3v) is 4.11. The molecule has 1 N–H and O–H groups in total. The zero-order valence-corrected chi connectivity index (χ0v) is 9.30. The van der Waals surface area contributed by atoms with Crippen LogP contribution < -0.4 is 0 Å². The second-order valence-electron chi connectivity index (χ2n) is 4.64. The van der Waals surface area contributed by atoms with Crippen LogP contribution in [-0.2, 0) is 0 Å². The zero-order chi connectivity index (χ0) is 10.1. The smallest absolute Gasteiger partial charge is 0.0574 e. The lowest BCUT2D eigenvalue weighted by Crippen LogP contribution is -2.39. The molecule has 3 atom stereocenters. The molecule has 13 heavy (non-hydrogen) atoms. The minimum absolute atomic E-state index is 0.103. The van der Waals surface area contributed by atoms with E-state index < -0.39 is 0 Å². The highest BCUT2D eigenvalue weighted by Gasteiger charge is 2.39. The van der Waals surface area contributed by atoms with Crippen LogP contribution in [0.25, 0.3) is 0 Å². The lowest BCUT2D eigenvalue weighted by atomic mass is 9.63. The van der Waals surface area contributed by atoms with Crippen LogP contribution in [0.4, 0.5) is 0 Å². The van der Waals surface area contributed by atoms with E-state index >= 15 is 0 Å². The second kappa shape index (κ2) is 3.83. The summed E-state index contributed by atoms with van der Waals surface area (Å²) < 4.78 is 0. The highest BCUT2D eigenvalue weighted by Crippen LogP contribution is 2.45. The summed E-state index contributed by atoms with van der Waals surface area (Å²) in [5, 5.41) is 9.83. The van der Waals surface area contributed by atoms with Crippen molar-refractivity contribution in [1.29, 1.82) is 0 Å². The quantitative estimate of drug-likeness (QED) is 0.618. The SMILES string of the molecule is C/C=C(\C)[C@@]1(C)CCC[C@H](O)[C@@H]1C. The standard InChI is InChI=1S/C12H22O/c1-5-9(2)12(4)8-6-7-11(13)10(12)3/h5,10-11,13H,6-8H2,1-4H3/b9-5+/t10-,11-,12+/m0/s1. The normalized spacial score (nSPS) is 42.1. The minimum atomic E-state index is -0.103. The van der Waals surface area contributed by atoms with E-state index in [1.54, 1.807) is 0 Å². The summed E-state index contributed by atoms with van der Waals surface area (Å²) in [5.74, 6) is 0.400. The van der Waals surface area contributed by atoms with E-state index in [4.69, 9.17) is 0 Å². The Bertz CT molecular complexity index is 207. The minimum Gasteiger partial charge on any atom is -0.393 e. The number of aliphatic hydroxyl groups is 1. The van der Waals surface area contributed by atoms with Gasteiger partial charge >= 0.3 is 0 Å². The summed E-state index contributed by atoms with van der Waals surface area (Å²) in [5.41, 5.74) is 1.66. The molecule has 1 saturated carbocycles. The third kappa shape index (κ3) is 1.80. The van der Waals surface area contributed by atoms with Crippen LogP contribution >= 0.6 is 0 Å². The van der Waals surface area contributed by atoms with Gasteiger partial charge in [0.25, 0.3) is 0 Å². The Labute approximate surface area is 81.9 Å². The molecule has 0 heterocycles. The van der Waals surface area contributed by atoms with Crippen molar-refractivity contribution >= 4 is 0 Å². The molecule has 0 bridgehead atoms. The molecule has 1 fully saturated rings. The summed E-state index contributed by atoms with van der Waals surface area (Å²) in [6.07, 6.45) is 5.45. The van der Waals surface area contributed by atoms with Crippen LogP contribution in [0.15, 0.2) is 11.6 Å². The number of aliphatic hydroxyl groups excluding tert-OH is 1. The number of allylic oxidation sites excluding steroid dienone is 2. The topological polar surface area (TPSA) is 20.2 Å². The summed E-state index contributed by atoms with van der Waals surface area (Å²) in [7, 11) is 0. The van der Waals surface area contributed by atoms with E-state index in [1.165, 1.54) is 12.0 Å². The van der Waals surface area contributed by atoms with Gasteiger partial charge in [-0.15, -0.1) is 0 Å². The van der Waals surface area contributed by atoms with Crippen molar-refractivity contribution in [1.82, 2.24) is 0 Å². The Morgan fingerprint density at radius 1 is 1.54 bits per heavy atom. The van der Waals surface area contributed by atoms with Gasteiger partial charge in [-0.2, -0.15) is 0 Å². The average molecular weight is 182 g/mol. The molecule has 0 saturated heterocycles. The Balaban J connectivity index is 2.87. The van der Waals surface area contributed by atoms with E-state index in [2.05, 4.69) is 33.8 Å². The number of hydrogen-bond donors (Lipinski definition) is 1. The summed E-state index contributed by atoms with van der Waals surface area (Å²) in [4.78, 5) is 0. The molecular weight excluding hydrogens is 160 g/mol. The molecule has 0 radical (unpaired) electrons. The number of hydrogen-bond acceptors (Lipinski definition) is 1. The highest BCUT2D eigenvalue weighted by atomic mass is 16.3. The van der Waals surface area contributed by atoms with E-state index in [1.807, 2.05) is 0 Å². The first kappa shape index (κ1) is 10.8. The van der Waals surface area contributed by atoms with Crippen LogP contribution in [0.2, 0.25) is 0 Å². The molecule has 0 aromatic heterocycles. The van der Waals surface area contributed by atoms with Crippen LogP contribution in [0.3, 0.4) is 0 Å². The fourth-order valence-corrected chi connectivity index (χ4v) is 2.47. The molecule has 0 aliphatic heterocycles. The summed E-state index contributed by atoms with van der Waals surface area (Å²) in [6, 6.07) is 0. The molecule has 1 rings (SSSR count). The maximum Gasteiger partial charge on any atom is 0.0574 e. The van der Waals surface area contributed by atoms with Gasteiger partial charge < -0.3 is 5.11 Å². The Kier molecular flexibility index (Phi) is 3.18. The van der Waals surface area contributed by atoms with E-state index in [0.29, 0.717) is 5.92 Å². The largest absolute Gasteiger partial charge is 0.393 e. The van der Waals surface area contributed by atoms with Crippen LogP contribution in [-0.4, -0.2) is 11.2 Å². The van der Waals surface area contributed by atoms with Crippen LogP contribution in [0.1, 0.15) is 47.0 Å². The molecule has 0 unspecified atom stereocenters. The zero-order valence-electron chi connectivity index (χ0n) is 9.30. The van der Waals surface area contributed by atoms with Gasteiger partial charge in [-0.25, -0.2) is 0 Å². The Morgan fingerprint density at radius 3 is 2.69 bits per heavy atom. The first-order valence-corrected chi connectivity index (χ1v) is 5.34. The van der Waals surface area contributed by atoms with Crippen molar-refractivity contribution in [2.45, 2.75) is 53.1 Å². The highest BCUT2D eigenvalue weighted by molar-refractivity contribution is 5.13. The van der Waals surface area contributed by atoms with Gasteiger partial charge in [0.05, 0.1) is 6.10 Å². The molecule has 0 aromatic rings. The van der Waals surface area contributed by atoms with Crippen molar-refractivity contribution < 1.29 is 5.11 Å². The van der Waals surface area contributed by atoms with Crippen LogP contribution in [0, 0.1) is 11.3 Å². The lowest BCUT2D eigenvalue weighted by molar-refractivity contribution is 0.0109. The molecule has 0 amide bonds. The van der Waals surface area contributed by atoms with Crippen molar-refractivity contribution in [3.8, 4) is 0 Å². The first-order chi connectivity index (χ1) is 6.02. The predicted molar refractivity (Wildman–Crippen MR) is 56.6 cm³/mol.